The first-order valence-corrected chi connectivity index (χ1v) is 6.63. The summed E-state index contributed by atoms with van der Waals surface area (Å²) in [6, 6.07) is 5.47. The van der Waals surface area contributed by atoms with E-state index in [4.69, 9.17) is 5.73 Å². The zero-order valence-electron chi connectivity index (χ0n) is 8.48. The Bertz CT molecular complexity index is 431. The minimum Gasteiger partial charge on any atom is -0.324 e. The van der Waals surface area contributed by atoms with Crippen molar-refractivity contribution in [2.75, 3.05) is 12.0 Å². The van der Waals surface area contributed by atoms with E-state index in [-0.39, 0.29) is 11.6 Å². The van der Waals surface area contributed by atoms with E-state index < -0.39 is 15.9 Å². The molecule has 15 heavy (non-hydrogen) atoms. The van der Waals surface area contributed by atoms with Gasteiger partial charge in [0.1, 0.15) is 15.7 Å². The van der Waals surface area contributed by atoms with E-state index in [0.29, 0.717) is 12.0 Å². The Labute approximate surface area is 89.0 Å². The molecule has 84 valence electrons. The van der Waals surface area contributed by atoms with E-state index >= 15 is 0 Å². The second-order valence-electron chi connectivity index (χ2n) is 3.58. The summed E-state index contributed by atoms with van der Waals surface area (Å²) >= 11 is 0. The molecule has 0 saturated carbocycles. The first-order chi connectivity index (χ1) is 6.88. The summed E-state index contributed by atoms with van der Waals surface area (Å²) in [4.78, 5) is 0. The van der Waals surface area contributed by atoms with Gasteiger partial charge in [0, 0.05) is 12.3 Å². The minimum atomic E-state index is -3.01. The highest BCUT2D eigenvalue weighted by molar-refractivity contribution is 7.90. The molecule has 0 radical (unpaired) electrons. The summed E-state index contributed by atoms with van der Waals surface area (Å²) in [7, 11) is -3.01. The maximum Gasteiger partial charge on any atom is 0.147 e. The molecule has 0 aromatic heterocycles. The molecule has 1 rings (SSSR count). The van der Waals surface area contributed by atoms with Gasteiger partial charge in [0.15, 0.2) is 0 Å². The third-order valence-corrected chi connectivity index (χ3v) is 3.05. The molecule has 1 atom stereocenters. The third kappa shape index (κ3) is 4.40. The van der Waals surface area contributed by atoms with Crippen molar-refractivity contribution in [2.45, 2.75) is 12.5 Å². The lowest BCUT2D eigenvalue weighted by Crippen LogP contribution is -2.15. The van der Waals surface area contributed by atoms with Crippen LogP contribution in [0.15, 0.2) is 24.3 Å². The Morgan fingerprint density at radius 3 is 2.67 bits per heavy atom. The fourth-order valence-corrected chi connectivity index (χ4v) is 1.93. The van der Waals surface area contributed by atoms with Gasteiger partial charge in [0.05, 0.1) is 5.75 Å². The molecule has 0 heterocycles. The normalized spacial score (nSPS) is 13.8. The highest BCUT2D eigenvalue weighted by atomic mass is 32.2. The molecule has 3 nitrogen and oxygen atoms in total. The van der Waals surface area contributed by atoms with Crippen molar-refractivity contribution >= 4 is 9.84 Å². The Morgan fingerprint density at radius 1 is 1.47 bits per heavy atom. The quantitative estimate of drug-likeness (QED) is 0.848. The van der Waals surface area contributed by atoms with Crippen molar-refractivity contribution in [2.24, 2.45) is 5.73 Å². The molecular formula is C10H14FNO2S. The van der Waals surface area contributed by atoms with Crippen LogP contribution in [0.2, 0.25) is 0 Å². The SMILES string of the molecule is CS(=O)(=O)CCC(N)c1cccc(F)c1. The summed E-state index contributed by atoms with van der Waals surface area (Å²) in [5, 5.41) is 0. The predicted molar refractivity (Wildman–Crippen MR) is 57.7 cm³/mol. The lowest BCUT2D eigenvalue weighted by Gasteiger charge is -2.10. The standard InChI is InChI=1S/C10H14FNO2S/c1-15(13,14)6-5-10(12)8-3-2-4-9(11)7-8/h2-4,7,10H,5-6,12H2,1H3. The van der Waals surface area contributed by atoms with Crippen LogP contribution < -0.4 is 5.73 Å². The fourth-order valence-electron chi connectivity index (χ4n) is 1.24. The molecule has 1 aromatic carbocycles. The Hall–Kier alpha value is -0.940. The molecule has 0 fully saturated rings. The molecule has 0 amide bonds. The van der Waals surface area contributed by atoms with Gasteiger partial charge in [-0.25, -0.2) is 12.8 Å². The molecule has 0 bridgehead atoms. The Kier molecular flexibility index (Phi) is 3.82. The Morgan fingerprint density at radius 2 is 2.13 bits per heavy atom. The molecule has 1 unspecified atom stereocenters. The fraction of sp³-hybridized carbons (Fsp3) is 0.400. The van der Waals surface area contributed by atoms with Gasteiger partial charge in [-0.1, -0.05) is 12.1 Å². The smallest absolute Gasteiger partial charge is 0.147 e. The van der Waals surface area contributed by atoms with Crippen molar-refractivity contribution in [3.63, 3.8) is 0 Å². The van der Waals surface area contributed by atoms with E-state index in [1.165, 1.54) is 12.1 Å². The van der Waals surface area contributed by atoms with E-state index in [2.05, 4.69) is 0 Å². The first-order valence-electron chi connectivity index (χ1n) is 4.57. The molecule has 0 aliphatic heterocycles. The number of rotatable bonds is 4. The maximum atomic E-state index is 12.8. The average Bonchev–Trinajstić information content (AvgIpc) is 2.13. The number of sulfone groups is 1. The van der Waals surface area contributed by atoms with E-state index in [1.807, 2.05) is 0 Å². The van der Waals surface area contributed by atoms with Crippen LogP contribution in [-0.2, 0) is 9.84 Å². The van der Waals surface area contributed by atoms with Crippen molar-refractivity contribution in [3.8, 4) is 0 Å². The highest BCUT2D eigenvalue weighted by Crippen LogP contribution is 2.15. The van der Waals surface area contributed by atoms with Crippen molar-refractivity contribution in [3.05, 3.63) is 35.6 Å². The van der Waals surface area contributed by atoms with Crippen LogP contribution in [0.3, 0.4) is 0 Å². The summed E-state index contributed by atoms with van der Waals surface area (Å²) in [6.45, 7) is 0. The van der Waals surface area contributed by atoms with Crippen LogP contribution in [0, 0.1) is 5.82 Å². The van der Waals surface area contributed by atoms with Crippen molar-refractivity contribution in [1.82, 2.24) is 0 Å². The number of benzene rings is 1. The van der Waals surface area contributed by atoms with E-state index in [9.17, 15) is 12.8 Å². The van der Waals surface area contributed by atoms with Gasteiger partial charge in [-0.05, 0) is 24.1 Å². The number of hydrogen-bond donors (Lipinski definition) is 1. The van der Waals surface area contributed by atoms with Gasteiger partial charge in [-0.2, -0.15) is 0 Å². The van der Waals surface area contributed by atoms with Crippen LogP contribution >= 0.6 is 0 Å². The van der Waals surface area contributed by atoms with Crippen LogP contribution in [0.25, 0.3) is 0 Å². The maximum absolute atomic E-state index is 12.8. The summed E-state index contributed by atoms with van der Waals surface area (Å²) in [5.41, 5.74) is 6.36. The minimum absolute atomic E-state index is 0.0185. The highest BCUT2D eigenvalue weighted by Gasteiger charge is 2.10. The molecule has 1 aromatic rings. The van der Waals surface area contributed by atoms with Crippen LogP contribution in [0.1, 0.15) is 18.0 Å². The lowest BCUT2D eigenvalue weighted by molar-refractivity contribution is 0.589. The molecule has 2 N–H and O–H groups in total. The summed E-state index contributed by atoms with van der Waals surface area (Å²) in [6.07, 6.45) is 1.47. The van der Waals surface area contributed by atoms with Gasteiger partial charge in [-0.15, -0.1) is 0 Å². The van der Waals surface area contributed by atoms with Crippen LogP contribution in [0.4, 0.5) is 4.39 Å². The Balaban J connectivity index is 2.65. The molecule has 0 aliphatic carbocycles. The zero-order valence-corrected chi connectivity index (χ0v) is 9.30. The van der Waals surface area contributed by atoms with E-state index in [0.717, 1.165) is 6.26 Å². The molecular weight excluding hydrogens is 217 g/mol. The van der Waals surface area contributed by atoms with Gasteiger partial charge in [0.2, 0.25) is 0 Å². The molecule has 0 aliphatic rings. The lowest BCUT2D eigenvalue weighted by atomic mass is 10.1. The monoisotopic (exact) mass is 231 g/mol. The zero-order chi connectivity index (χ0) is 11.5. The second kappa shape index (κ2) is 4.72. The third-order valence-electron chi connectivity index (χ3n) is 2.08. The summed E-state index contributed by atoms with van der Waals surface area (Å²) < 4.78 is 34.6. The van der Waals surface area contributed by atoms with Crippen molar-refractivity contribution in [1.29, 1.82) is 0 Å². The van der Waals surface area contributed by atoms with Gasteiger partial charge in [-0.3, -0.25) is 0 Å². The van der Waals surface area contributed by atoms with Gasteiger partial charge < -0.3 is 5.73 Å². The largest absolute Gasteiger partial charge is 0.324 e. The van der Waals surface area contributed by atoms with Crippen LogP contribution in [0.5, 0.6) is 0 Å². The second-order valence-corrected chi connectivity index (χ2v) is 5.84. The number of hydrogen-bond acceptors (Lipinski definition) is 3. The van der Waals surface area contributed by atoms with Gasteiger partial charge in [0.25, 0.3) is 0 Å². The topological polar surface area (TPSA) is 60.2 Å². The number of halogens is 1. The summed E-state index contributed by atoms with van der Waals surface area (Å²) in [5.74, 6) is -0.340. The predicted octanol–water partition coefficient (Wildman–Crippen LogP) is 1.26. The molecule has 5 heteroatoms. The molecule has 0 spiro atoms. The number of nitrogens with two attached hydrogens (primary N) is 1. The molecule has 0 saturated heterocycles. The van der Waals surface area contributed by atoms with E-state index in [1.54, 1.807) is 12.1 Å². The first kappa shape index (κ1) is 12.1. The average molecular weight is 231 g/mol. The van der Waals surface area contributed by atoms with Crippen molar-refractivity contribution < 1.29 is 12.8 Å². The van der Waals surface area contributed by atoms with Gasteiger partial charge >= 0.3 is 0 Å². The van der Waals surface area contributed by atoms with Crippen LogP contribution in [-0.4, -0.2) is 20.4 Å².